The molecular formula is C27H39N5O5. The molecule has 1 unspecified atom stereocenters. The van der Waals surface area contributed by atoms with Crippen LogP contribution in [0, 0.1) is 23.2 Å². The fraction of sp³-hybridized carbons (Fsp3) is 0.704. The summed E-state index contributed by atoms with van der Waals surface area (Å²) in [5, 5.41) is 15.8. The van der Waals surface area contributed by atoms with Gasteiger partial charge < -0.3 is 20.6 Å². The van der Waals surface area contributed by atoms with Gasteiger partial charge in [0.25, 0.3) is 5.91 Å². The first-order chi connectivity index (χ1) is 17.6. The van der Waals surface area contributed by atoms with Gasteiger partial charge in [-0.15, -0.1) is 0 Å². The lowest BCUT2D eigenvalue weighted by atomic mass is 9.82. The van der Waals surface area contributed by atoms with Gasteiger partial charge in [0.15, 0.2) is 0 Å². The van der Waals surface area contributed by atoms with Gasteiger partial charge in [0.05, 0.1) is 6.20 Å². The average Bonchev–Trinajstić information content (AvgIpc) is 3.47. The molecule has 2 heterocycles. The lowest BCUT2D eigenvalue weighted by Gasteiger charge is -2.37. The summed E-state index contributed by atoms with van der Waals surface area (Å²) >= 11 is 0. The number of hydrogen-bond donors (Lipinski definition) is 3. The van der Waals surface area contributed by atoms with Crippen LogP contribution in [0.5, 0.6) is 0 Å². The Kier molecular flexibility index (Phi) is 8.14. The molecule has 3 amide bonds. The van der Waals surface area contributed by atoms with E-state index in [0.29, 0.717) is 6.54 Å². The number of fused-ring (bicyclic) bond motifs is 1. The van der Waals surface area contributed by atoms with Gasteiger partial charge in [0, 0.05) is 18.9 Å². The van der Waals surface area contributed by atoms with Crippen LogP contribution >= 0.6 is 0 Å². The quantitative estimate of drug-likeness (QED) is 0.508. The predicted molar refractivity (Wildman–Crippen MR) is 135 cm³/mol. The third kappa shape index (κ3) is 5.93. The average molecular weight is 514 g/mol. The summed E-state index contributed by atoms with van der Waals surface area (Å²) in [6, 6.07) is -2.63. The summed E-state index contributed by atoms with van der Waals surface area (Å²) < 4.78 is 0. The van der Waals surface area contributed by atoms with Crippen LogP contribution in [0.25, 0.3) is 0 Å². The molecule has 3 fully saturated rings. The van der Waals surface area contributed by atoms with Gasteiger partial charge in [-0.25, -0.2) is 9.78 Å². The highest BCUT2D eigenvalue weighted by Gasteiger charge is 2.52. The van der Waals surface area contributed by atoms with Crippen LogP contribution in [-0.2, 0) is 14.4 Å². The number of nitrogens with zero attached hydrogens (tertiary/aromatic N) is 3. The van der Waals surface area contributed by atoms with Gasteiger partial charge in [-0.1, -0.05) is 46.5 Å². The smallest absolute Gasteiger partial charge is 0.326 e. The van der Waals surface area contributed by atoms with E-state index in [1.54, 1.807) is 0 Å². The lowest BCUT2D eigenvalue weighted by Crippen LogP contribution is -2.61. The van der Waals surface area contributed by atoms with Crippen LogP contribution in [-0.4, -0.2) is 68.3 Å². The van der Waals surface area contributed by atoms with Crippen molar-refractivity contribution in [3.05, 3.63) is 24.3 Å². The molecular weight excluding hydrogens is 474 g/mol. The molecule has 202 valence electrons. The Bertz CT molecular complexity index is 1000. The highest BCUT2D eigenvalue weighted by molar-refractivity contribution is 5.97. The SMILES string of the molecule is CC(C)(C)[C@H](NC(=O)[C@@H](NC(=O)c1cnccn1)C1CCCCC1)C(=O)N1CC2CCC[C@@H]2[C@H]1C(=O)O. The minimum absolute atomic E-state index is 0.0426. The third-order valence-corrected chi connectivity index (χ3v) is 8.31. The molecule has 2 aliphatic carbocycles. The molecule has 10 heteroatoms. The molecule has 0 bridgehead atoms. The van der Waals surface area contributed by atoms with Crippen LogP contribution in [0.15, 0.2) is 18.6 Å². The van der Waals surface area contributed by atoms with Crippen molar-refractivity contribution in [1.82, 2.24) is 25.5 Å². The summed E-state index contributed by atoms with van der Waals surface area (Å²) in [6.07, 6.45) is 11.5. The van der Waals surface area contributed by atoms with Crippen LogP contribution in [0.2, 0.25) is 0 Å². The van der Waals surface area contributed by atoms with E-state index in [1.807, 2.05) is 20.8 Å². The van der Waals surface area contributed by atoms with Crippen molar-refractivity contribution in [3.8, 4) is 0 Å². The van der Waals surface area contributed by atoms with E-state index >= 15 is 0 Å². The lowest BCUT2D eigenvalue weighted by molar-refractivity contribution is -0.152. The Labute approximate surface area is 218 Å². The largest absolute Gasteiger partial charge is 0.480 e. The minimum atomic E-state index is -0.988. The molecule has 1 aliphatic heterocycles. The van der Waals surface area contributed by atoms with Gasteiger partial charge in [-0.05, 0) is 48.9 Å². The molecule has 4 rings (SSSR count). The predicted octanol–water partition coefficient (Wildman–Crippen LogP) is 2.40. The van der Waals surface area contributed by atoms with Crippen LogP contribution in [0.4, 0.5) is 0 Å². The summed E-state index contributed by atoms with van der Waals surface area (Å²) in [5.74, 6) is -2.20. The molecule has 3 aliphatic rings. The number of amides is 3. The normalized spacial score (nSPS) is 25.7. The number of carboxylic acids is 1. The van der Waals surface area contributed by atoms with Crippen molar-refractivity contribution in [2.24, 2.45) is 23.2 Å². The van der Waals surface area contributed by atoms with Crippen molar-refractivity contribution < 1.29 is 24.3 Å². The van der Waals surface area contributed by atoms with E-state index in [-0.39, 0.29) is 29.4 Å². The second-order valence-corrected chi connectivity index (χ2v) is 11.9. The molecule has 2 saturated carbocycles. The Morgan fingerprint density at radius 2 is 1.73 bits per heavy atom. The Morgan fingerprint density at radius 1 is 1.00 bits per heavy atom. The molecule has 0 aromatic carbocycles. The molecule has 1 aromatic rings. The number of aliphatic carboxylic acids is 1. The molecule has 1 saturated heterocycles. The highest BCUT2D eigenvalue weighted by Crippen LogP contribution is 2.43. The number of aromatic nitrogens is 2. The topological polar surface area (TPSA) is 142 Å². The van der Waals surface area contributed by atoms with Gasteiger partial charge in [0.1, 0.15) is 23.8 Å². The zero-order valence-electron chi connectivity index (χ0n) is 22.0. The first-order valence-corrected chi connectivity index (χ1v) is 13.5. The fourth-order valence-corrected chi connectivity index (χ4v) is 6.39. The van der Waals surface area contributed by atoms with Crippen molar-refractivity contribution in [1.29, 1.82) is 0 Å². The maximum Gasteiger partial charge on any atom is 0.326 e. The monoisotopic (exact) mass is 513 g/mol. The van der Waals surface area contributed by atoms with Crippen molar-refractivity contribution in [2.45, 2.75) is 90.3 Å². The Balaban J connectivity index is 1.56. The first-order valence-electron chi connectivity index (χ1n) is 13.5. The van der Waals surface area contributed by atoms with Gasteiger partial charge in [-0.3, -0.25) is 19.4 Å². The minimum Gasteiger partial charge on any atom is -0.480 e. The maximum atomic E-state index is 13.9. The zero-order valence-corrected chi connectivity index (χ0v) is 22.0. The van der Waals surface area contributed by atoms with Gasteiger partial charge >= 0.3 is 5.97 Å². The number of carbonyl (C=O) groups excluding carboxylic acids is 3. The number of nitrogens with one attached hydrogen (secondary N) is 2. The summed E-state index contributed by atoms with van der Waals surface area (Å²) in [4.78, 5) is 62.2. The van der Waals surface area contributed by atoms with E-state index < -0.39 is 41.3 Å². The van der Waals surface area contributed by atoms with Gasteiger partial charge in [-0.2, -0.15) is 0 Å². The van der Waals surface area contributed by atoms with Crippen LogP contribution in [0.1, 0.15) is 82.6 Å². The number of carbonyl (C=O) groups is 4. The van der Waals surface area contributed by atoms with Gasteiger partial charge in [0.2, 0.25) is 11.8 Å². The molecule has 0 spiro atoms. The van der Waals surface area contributed by atoms with E-state index in [2.05, 4.69) is 20.6 Å². The Morgan fingerprint density at radius 3 is 2.35 bits per heavy atom. The number of rotatable bonds is 7. The van der Waals surface area contributed by atoms with Crippen molar-refractivity contribution >= 4 is 23.7 Å². The maximum absolute atomic E-state index is 13.9. The molecule has 0 radical (unpaired) electrons. The fourth-order valence-electron chi connectivity index (χ4n) is 6.39. The zero-order chi connectivity index (χ0) is 26.7. The summed E-state index contributed by atoms with van der Waals surface area (Å²) in [6.45, 7) is 5.97. The van der Waals surface area contributed by atoms with Crippen molar-refractivity contribution in [3.63, 3.8) is 0 Å². The summed E-state index contributed by atoms with van der Waals surface area (Å²) in [7, 11) is 0. The van der Waals surface area contributed by atoms with E-state index in [4.69, 9.17) is 0 Å². The van der Waals surface area contributed by atoms with E-state index in [0.717, 1.165) is 51.4 Å². The second kappa shape index (κ2) is 11.1. The van der Waals surface area contributed by atoms with E-state index in [9.17, 15) is 24.3 Å². The standard InChI is InChI=1S/C27H39N5O5/c1-27(2,3)22(25(35)32-15-17-10-7-11-18(17)21(32)26(36)37)31-24(34)20(16-8-5-4-6-9-16)30-23(33)19-14-28-12-13-29-19/h12-14,16-18,20-22H,4-11,15H2,1-3H3,(H,30,33)(H,31,34)(H,36,37)/t17?,18-,20-,21-,22+/m0/s1. The molecule has 1 aromatic heterocycles. The first kappa shape index (κ1) is 27.0. The molecule has 3 N–H and O–H groups in total. The Hall–Kier alpha value is -3.04. The van der Waals surface area contributed by atoms with Crippen LogP contribution in [0.3, 0.4) is 0 Å². The van der Waals surface area contributed by atoms with E-state index in [1.165, 1.54) is 23.5 Å². The highest BCUT2D eigenvalue weighted by atomic mass is 16.4. The van der Waals surface area contributed by atoms with Crippen molar-refractivity contribution in [2.75, 3.05) is 6.54 Å². The summed E-state index contributed by atoms with van der Waals surface area (Å²) in [5.41, 5.74) is -0.549. The second-order valence-electron chi connectivity index (χ2n) is 11.9. The third-order valence-electron chi connectivity index (χ3n) is 8.31. The molecule has 10 nitrogen and oxygen atoms in total. The molecule has 5 atom stereocenters. The molecule has 37 heavy (non-hydrogen) atoms. The number of carboxylic acid groups (broad SMARTS) is 1. The van der Waals surface area contributed by atoms with Crippen LogP contribution < -0.4 is 10.6 Å². The number of hydrogen-bond acceptors (Lipinski definition) is 6. The number of likely N-dealkylation sites (tertiary alicyclic amines) is 1.